The molecule has 3 aromatic carbocycles. The van der Waals surface area contributed by atoms with E-state index in [1.54, 1.807) is 11.8 Å². The Balaban J connectivity index is 1.61. The lowest BCUT2D eigenvalue weighted by molar-refractivity contribution is 0.590. The van der Waals surface area contributed by atoms with Gasteiger partial charge in [-0.15, -0.1) is 0 Å². The van der Waals surface area contributed by atoms with Gasteiger partial charge in [-0.05, 0) is 40.3 Å². The molecule has 0 atom stereocenters. The minimum absolute atomic E-state index is 0.175. The minimum Gasteiger partial charge on any atom is -0.314 e. The highest BCUT2D eigenvalue weighted by atomic mass is 35.5. The van der Waals surface area contributed by atoms with Gasteiger partial charge in [-0.3, -0.25) is 0 Å². The van der Waals surface area contributed by atoms with Crippen molar-refractivity contribution in [3.63, 3.8) is 0 Å². The number of thioether (sulfide) groups is 1. The third kappa shape index (κ3) is 4.68. The van der Waals surface area contributed by atoms with E-state index in [0.29, 0.717) is 0 Å². The first kappa shape index (κ1) is 20.1. The SMILES string of the molecule is CC(C)(C)c1ccc(CSc2nc3cc(Cl)ccc3n2Cc2ccccc2)cc1. The Labute approximate surface area is 181 Å². The van der Waals surface area contributed by atoms with Gasteiger partial charge < -0.3 is 4.57 Å². The van der Waals surface area contributed by atoms with Crippen LogP contribution in [0.3, 0.4) is 0 Å². The van der Waals surface area contributed by atoms with E-state index >= 15 is 0 Å². The Morgan fingerprint density at radius 1 is 0.897 bits per heavy atom. The Kier molecular flexibility index (Phi) is 5.71. The minimum atomic E-state index is 0.175. The van der Waals surface area contributed by atoms with Crippen LogP contribution in [0.25, 0.3) is 11.0 Å². The third-order valence-electron chi connectivity index (χ3n) is 5.05. The average Bonchev–Trinajstić information content (AvgIpc) is 3.03. The zero-order valence-corrected chi connectivity index (χ0v) is 18.6. The van der Waals surface area contributed by atoms with Crippen LogP contribution in [0.2, 0.25) is 5.02 Å². The summed E-state index contributed by atoms with van der Waals surface area (Å²) in [6, 6.07) is 25.4. The molecule has 4 aromatic rings. The third-order valence-corrected chi connectivity index (χ3v) is 6.33. The van der Waals surface area contributed by atoms with Crippen LogP contribution in [0.15, 0.2) is 78.0 Å². The molecule has 4 heteroatoms. The normalized spacial score (nSPS) is 11.9. The highest BCUT2D eigenvalue weighted by Gasteiger charge is 2.15. The first-order valence-corrected chi connectivity index (χ1v) is 11.2. The molecular formula is C25H25ClN2S. The number of fused-ring (bicyclic) bond motifs is 1. The van der Waals surface area contributed by atoms with Crippen molar-refractivity contribution < 1.29 is 0 Å². The Morgan fingerprint density at radius 2 is 1.62 bits per heavy atom. The van der Waals surface area contributed by atoms with Crippen LogP contribution in [-0.4, -0.2) is 9.55 Å². The molecule has 2 nitrogen and oxygen atoms in total. The molecular weight excluding hydrogens is 396 g/mol. The number of halogens is 1. The van der Waals surface area contributed by atoms with E-state index in [1.807, 2.05) is 18.2 Å². The molecule has 0 saturated carbocycles. The standard InChI is InChI=1S/C25H25ClN2S/c1-25(2,3)20-11-9-19(10-12-20)17-29-24-27-22-15-21(26)13-14-23(22)28(24)16-18-7-5-4-6-8-18/h4-15H,16-17H2,1-3H3. The van der Waals surface area contributed by atoms with Crippen molar-refractivity contribution in [2.45, 2.75) is 43.6 Å². The maximum atomic E-state index is 6.21. The summed E-state index contributed by atoms with van der Waals surface area (Å²) in [6.45, 7) is 7.53. The lowest BCUT2D eigenvalue weighted by Crippen LogP contribution is -2.10. The monoisotopic (exact) mass is 420 g/mol. The fraction of sp³-hybridized carbons (Fsp3) is 0.240. The molecule has 0 aliphatic rings. The molecule has 0 N–H and O–H groups in total. The van der Waals surface area contributed by atoms with Crippen molar-refractivity contribution in [1.82, 2.24) is 9.55 Å². The van der Waals surface area contributed by atoms with Crippen molar-refractivity contribution in [3.8, 4) is 0 Å². The predicted octanol–water partition coefficient (Wildman–Crippen LogP) is 7.33. The fourth-order valence-electron chi connectivity index (χ4n) is 3.36. The molecule has 1 heterocycles. The number of imidazole rings is 1. The van der Waals surface area contributed by atoms with E-state index in [-0.39, 0.29) is 5.41 Å². The molecule has 29 heavy (non-hydrogen) atoms. The van der Waals surface area contributed by atoms with Crippen LogP contribution in [0.4, 0.5) is 0 Å². The van der Waals surface area contributed by atoms with Gasteiger partial charge in [0.05, 0.1) is 17.6 Å². The summed E-state index contributed by atoms with van der Waals surface area (Å²) < 4.78 is 2.29. The molecule has 0 aliphatic carbocycles. The quantitative estimate of drug-likeness (QED) is 0.314. The van der Waals surface area contributed by atoms with Crippen LogP contribution < -0.4 is 0 Å². The van der Waals surface area contributed by atoms with Crippen LogP contribution >= 0.6 is 23.4 Å². The molecule has 4 rings (SSSR count). The molecule has 0 unspecified atom stereocenters. The van der Waals surface area contributed by atoms with Crippen LogP contribution in [0.1, 0.15) is 37.5 Å². The summed E-state index contributed by atoms with van der Waals surface area (Å²) in [5.41, 5.74) is 6.16. The zero-order valence-electron chi connectivity index (χ0n) is 17.0. The molecule has 0 aliphatic heterocycles. The molecule has 0 bridgehead atoms. The van der Waals surface area contributed by atoms with Gasteiger partial charge in [-0.25, -0.2) is 4.98 Å². The van der Waals surface area contributed by atoms with Crippen molar-refractivity contribution >= 4 is 34.4 Å². The lowest BCUT2D eigenvalue weighted by atomic mass is 9.87. The number of hydrogen-bond acceptors (Lipinski definition) is 2. The number of nitrogens with zero attached hydrogens (tertiary/aromatic N) is 2. The Bertz CT molecular complexity index is 1110. The predicted molar refractivity (Wildman–Crippen MR) is 125 cm³/mol. The Hall–Kier alpha value is -2.23. The molecule has 0 fully saturated rings. The van der Waals surface area contributed by atoms with Gasteiger partial charge in [-0.2, -0.15) is 0 Å². The summed E-state index contributed by atoms with van der Waals surface area (Å²) in [4.78, 5) is 4.88. The van der Waals surface area contributed by atoms with Gasteiger partial charge in [0.25, 0.3) is 0 Å². The molecule has 148 valence electrons. The highest BCUT2D eigenvalue weighted by Crippen LogP contribution is 2.30. The van der Waals surface area contributed by atoms with E-state index in [2.05, 4.69) is 79.9 Å². The van der Waals surface area contributed by atoms with E-state index in [4.69, 9.17) is 16.6 Å². The largest absolute Gasteiger partial charge is 0.314 e. The second-order valence-electron chi connectivity index (χ2n) is 8.33. The zero-order chi connectivity index (χ0) is 20.4. The smallest absolute Gasteiger partial charge is 0.169 e. The lowest BCUT2D eigenvalue weighted by Gasteiger charge is -2.19. The second-order valence-corrected chi connectivity index (χ2v) is 9.71. The van der Waals surface area contributed by atoms with Gasteiger partial charge in [-0.1, -0.05) is 98.7 Å². The second kappa shape index (κ2) is 8.25. The first-order valence-electron chi connectivity index (χ1n) is 9.82. The van der Waals surface area contributed by atoms with Crippen LogP contribution in [-0.2, 0) is 17.7 Å². The maximum Gasteiger partial charge on any atom is 0.169 e. The van der Waals surface area contributed by atoms with Crippen molar-refractivity contribution in [2.24, 2.45) is 0 Å². The molecule has 1 aromatic heterocycles. The van der Waals surface area contributed by atoms with Gasteiger partial charge in [0.15, 0.2) is 5.16 Å². The average molecular weight is 421 g/mol. The van der Waals surface area contributed by atoms with Gasteiger partial charge in [0, 0.05) is 10.8 Å². The number of benzene rings is 3. The first-order chi connectivity index (χ1) is 13.9. The van der Waals surface area contributed by atoms with Crippen molar-refractivity contribution in [1.29, 1.82) is 0 Å². The van der Waals surface area contributed by atoms with E-state index in [9.17, 15) is 0 Å². The number of hydrogen-bond donors (Lipinski definition) is 0. The van der Waals surface area contributed by atoms with E-state index in [1.165, 1.54) is 16.7 Å². The fourth-order valence-corrected chi connectivity index (χ4v) is 4.49. The van der Waals surface area contributed by atoms with Crippen molar-refractivity contribution in [2.75, 3.05) is 0 Å². The summed E-state index contributed by atoms with van der Waals surface area (Å²) >= 11 is 7.98. The van der Waals surface area contributed by atoms with Gasteiger partial charge >= 0.3 is 0 Å². The van der Waals surface area contributed by atoms with Crippen LogP contribution in [0.5, 0.6) is 0 Å². The molecule has 0 amide bonds. The van der Waals surface area contributed by atoms with Gasteiger partial charge in [0.2, 0.25) is 0 Å². The van der Waals surface area contributed by atoms with Crippen molar-refractivity contribution in [3.05, 3.63) is 94.5 Å². The maximum absolute atomic E-state index is 6.21. The summed E-state index contributed by atoms with van der Waals surface area (Å²) in [5.74, 6) is 0.885. The molecule has 0 saturated heterocycles. The summed E-state index contributed by atoms with van der Waals surface area (Å²) in [6.07, 6.45) is 0. The highest BCUT2D eigenvalue weighted by molar-refractivity contribution is 7.98. The number of rotatable bonds is 5. The van der Waals surface area contributed by atoms with Crippen LogP contribution in [0, 0.1) is 0 Å². The molecule has 0 spiro atoms. The van der Waals surface area contributed by atoms with Gasteiger partial charge in [0.1, 0.15) is 0 Å². The summed E-state index contributed by atoms with van der Waals surface area (Å²) in [7, 11) is 0. The number of aromatic nitrogens is 2. The van der Waals surface area contributed by atoms with E-state index < -0.39 is 0 Å². The van der Waals surface area contributed by atoms with E-state index in [0.717, 1.165) is 33.5 Å². The summed E-state index contributed by atoms with van der Waals surface area (Å²) in [5, 5.41) is 1.74. The Morgan fingerprint density at radius 3 is 2.31 bits per heavy atom. The topological polar surface area (TPSA) is 17.8 Å². The molecule has 0 radical (unpaired) electrons.